The van der Waals surface area contributed by atoms with Gasteiger partial charge in [-0.1, -0.05) is 16.8 Å². The van der Waals surface area contributed by atoms with Crippen LogP contribution in [-0.4, -0.2) is 25.2 Å². The Morgan fingerprint density at radius 3 is 2.45 bits per heavy atom. The summed E-state index contributed by atoms with van der Waals surface area (Å²) in [6, 6.07) is 14.8. The second-order valence-electron chi connectivity index (χ2n) is 6.05. The molecule has 1 aromatic heterocycles. The maximum atomic E-state index is 12.4. The monoisotopic (exact) mass is 451 g/mol. The minimum Gasteiger partial charge on any atom is -0.360 e. The van der Waals surface area contributed by atoms with Crippen molar-refractivity contribution in [1.82, 2.24) is 5.16 Å². The summed E-state index contributed by atoms with van der Waals surface area (Å²) in [4.78, 5) is 13.2. The molecule has 0 aliphatic carbocycles. The second-order valence-corrected chi connectivity index (χ2v) is 9.34. The standard InChI is InChI=1S/C19H18ClN3O4S2/c1-13-12-18(22-27-13)23-29(25,26)17-8-4-15(5-9-17)21-19(24)10-11-28-16-6-2-14(20)3-7-16/h2-9,12H,10-11H2,1H3,(H,21,24)(H,22,23). The van der Waals surface area contributed by atoms with Gasteiger partial charge in [0.05, 0.1) is 4.90 Å². The molecule has 0 aliphatic rings. The van der Waals surface area contributed by atoms with E-state index in [0.29, 0.717) is 28.6 Å². The number of aryl methyl sites for hydroxylation is 1. The van der Waals surface area contributed by atoms with E-state index in [9.17, 15) is 13.2 Å². The first-order chi connectivity index (χ1) is 13.8. The van der Waals surface area contributed by atoms with Gasteiger partial charge in [-0.3, -0.25) is 9.52 Å². The fourth-order valence-corrected chi connectivity index (χ4v) is 4.31. The van der Waals surface area contributed by atoms with Gasteiger partial charge < -0.3 is 9.84 Å². The molecule has 0 saturated heterocycles. The van der Waals surface area contributed by atoms with Crippen LogP contribution in [0.1, 0.15) is 12.2 Å². The first-order valence-electron chi connectivity index (χ1n) is 8.56. The number of carbonyl (C=O) groups excluding carboxylic acids is 1. The minimum atomic E-state index is -3.79. The lowest BCUT2D eigenvalue weighted by atomic mass is 10.3. The number of sulfonamides is 1. The van der Waals surface area contributed by atoms with E-state index in [2.05, 4.69) is 15.2 Å². The van der Waals surface area contributed by atoms with Crippen molar-refractivity contribution >= 4 is 50.8 Å². The second kappa shape index (κ2) is 9.34. The molecule has 0 atom stereocenters. The van der Waals surface area contributed by atoms with E-state index in [1.165, 1.54) is 30.3 Å². The van der Waals surface area contributed by atoms with E-state index in [4.69, 9.17) is 16.1 Å². The number of hydrogen-bond acceptors (Lipinski definition) is 6. The molecule has 7 nitrogen and oxygen atoms in total. The lowest BCUT2D eigenvalue weighted by molar-refractivity contribution is -0.115. The fourth-order valence-electron chi connectivity index (χ4n) is 2.34. The van der Waals surface area contributed by atoms with Crippen LogP contribution in [0.25, 0.3) is 0 Å². The number of halogens is 1. The summed E-state index contributed by atoms with van der Waals surface area (Å²) in [7, 11) is -3.79. The number of anilines is 2. The molecule has 1 amide bonds. The first-order valence-corrected chi connectivity index (χ1v) is 11.4. The van der Waals surface area contributed by atoms with Crippen molar-refractivity contribution in [3.05, 3.63) is 65.4 Å². The van der Waals surface area contributed by atoms with Crippen LogP contribution >= 0.6 is 23.4 Å². The number of thioether (sulfide) groups is 1. The lowest BCUT2D eigenvalue weighted by Crippen LogP contribution is -2.14. The van der Waals surface area contributed by atoms with E-state index < -0.39 is 10.0 Å². The van der Waals surface area contributed by atoms with Crippen molar-refractivity contribution in [3.63, 3.8) is 0 Å². The molecule has 1 heterocycles. The Labute approximate surface area is 177 Å². The number of rotatable bonds is 8. The molecule has 0 bridgehead atoms. The van der Waals surface area contributed by atoms with E-state index in [0.717, 1.165) is 4.90 Å². The highest BCUT2D eigenvalue weighted by molar-refractivity contribution is 7.99. The average Bonchev–Trinajstić information content (AvgIpc) is 3.08. The van der Waals surface area contributed by atoms with Crippen LogP contribution in [0.4, 0.5) is 11.5 Å². The van der Waals surface area contributed by atoms with Gasteiger partial charge in [0.1, 0.15) is 5.76 Å². The summed E-state index contributed by atoms with van der Waals surface area (Å²) in [5.41, 5.74) is 0.516. The van der Waals surface area contributed by atoms with Crippen LogP contribution in [0.2, 0.25) is 5.02 Å². The molecule has 0 aliphatic heterocycles. The third kappa shape index (κ3) is 6.25. The Bertz CT molecular complexity index is 1080. The number of hydrogen-bond donors (Lipinski definition) is 2. The highest BCUT2D eigenvalue weighted by Gasteiger charge is 2.16. The largest absolute Gasteiger partial charge is 0.360 e. The zero-order chi connectivity index (χ0) is 20.9. The minimum absolute atomic E-state index is 0.0504. The molecule has 0 spiro atoms. The molecule has 152 valence electrons. The van der Waals surface area contributed by atoms with Crippen molar-refractivity contribution in [3.8, 4) is 0 Å². The molecule has 3 rings (SSSR count). The quantitative estimate of drug-likeness (QED) is 0.487. The summed E-state index contributed by atoms with van der Waals surface area (Å²) < 4.78 is 31.9. The van der Waals surface area contributed by atoms with Gasteiger partial charge in [-0.25, -0.2) is 8.42 Å². The SMILES string of the molecule is Cc1cc(NS(=O)(=O)c2ccc(NC(=O)CCSc3ccc(Cl)cc3)cc2)no1. The van der Waals surface area contributed by atoms with Crippen LogP contribution in [0.15, 0.2) is 68.9 Å². The molecule has 10 heteroatoms. The van der Waals surface area contributed by atoms with E-state index in [-0.39, 0.29) is 16.6 Å². The Balaban J connectivity index is 1.51. The van der Waals surface area contributed by atoms with Crippen LogP contribution in [0, 0.1) is 6.92 Å². The summed E-state index contributed by atoms with van der Waals surface area (Å²) in [6.45, 7) is 1.66. The van der Waals surface area contributed by atoms with Gasteiger partial charge in [-0.15, -0.1) is 11.8 Å². The van der Waals surface area contributed by atoms with Crippen molar-refractivity contribution in [2.75, 3.05) is 15.8 Å². The Morgan fingerprint density at radius 2 is 1.83 bits per heavy atom. The predicted molar refractivity (Wildman–Crippen MR) is 114 cm³/mol. The Morgan fingerprint density at radius 1 is 1.14 bits per heavy atom. The van der Waals surface area contributed by atoms with Crippen molar-refractivity contribution < 1.29 is 17.7 Å². The average molecular weight is 452 g/mol. The Hall–Kier alpha value is -2.49. The summed E-state index contributed by atoms with van der Waals surface area (Å²) in [6.07, 6.45) is 0.320. The molecular weight excluding hydrogens is 434 g/mol. The molecule has 0 saturated carbocycles. The van der Waals surface area contributed by atoms with Gasteiger partial charge in [0.2, 0.25) is 5.91 Å². The number of nitrogens with one attached hydrogen (secondary N) is 2. The molecule has 0 radical (unpaired) electrons. The van der Waals surface area contributed by atoms with Crippen LogP contribution in [0.5, 0.6) is 0 Å². The molecular formula is C19H18ClN3O4S2. The van der Waals surface area contributed by atoms with Gasteiger partial charge in [-0.2, -0.15) is 0 Å². The topological polar surface area (TPSA) is 101 Å². The van der Waals surface area contributed by atoms with Gasteiger partial charge in [-0.05, 0) is 55.5 Å². The zero-order valence-electron chi connectivity index (χ0n) is 15.4. The molecule has 0 unspecified atom stereocenters. The number of benzene rings is 2. The van der Waals surface area contributed by atoms with Gasteiger partial charge >= 0.3 is 0 Å². The third-order valence-corrected chi connectivity index (χ3v) is 6.36. The highest BCUT2D eigenvalue weighted by atomic mass is 35.5. The third-order valence-electron chi connectivity index (χ3n) is 3.73. The maximum absolute atomic E-state index is 12.4. The molecule has 2 aromatic carbocycles. The summed E-state index contributed by atoms with van der Waals surface area (Å²) in [5.74, 6) is 1.06. The molecule has 3 aromatic rings. The zero-order valence-corrected chi connectivity index (χ0v) is 17.8. The molecule has 0 fully saturated rings. The van der Waals surface area contributed by atoms with Gasteiger partial charge in [0, 0.05) is 33.8 Å². The number of nitrogens with zero attached hydrogens (tertiary/aromatic N) is 1. The first kappa shape index (κ1) is 21.2. The normalized spacial score (nSPS) is 11.2. The highest BCUT2D eigenvalue weighted by Crippen LogP contribution is 2.22. The van der Waals surface area contributed by atoms with E-state index in [1.807, 2.05) is 12.1 Å². The van der Waals surface area contributed by atoms with Gasteiger partial charge in [0.15, 0.2) is 5.82 Å². The van der Waals surface area contributed by atoms with Crippen molar-refractivity contribution in [2.24, 2.45) is 0 Å². The number of aromatic nitrogens is 1. The van der Waals surface area contributed by atoms with Gasteiger partial charge in [0.25, 0.3) is 10.0 Å². The fraction of sp³-hybridized carbons (Fsp3) is 0.158. The predicted octanol–water partition coefficient (Wildman–Crippen LogP) is 4.56. The maximum Gasteiger partial charge on any atom is 0.263 e. The van der Waals surface area contributed by atoms with Crippen molar-refractivity contribution in [2.45, 2.75) is 23.1 Å². The van der Waals surface area contributed by atoms with Crippen molar-refractivity contribution in [1.29, 1.82) is 0 Å². The van der Waals surface area contributed by atoms with E-state index >= 15 is 0 Å². The van der Waals surface area contributed by atoms with E-state index in [1.54, 1.807) is 30.8 Å². The van der Waals surface area contributed by atoms with Crippen LogP contribution < -0.4 is 10.0 Å². The molecule has 2 N–H and O–H groups in total. The number of carbonyl (C=O) groups is 1. The summed E-state index contributed by atoms with van der Waals surface area (Å²) >= 11 is 7.40. The van der Waals surface area contributed by atoms with Crippen LogP contribution in [-0.2, 0) is 14.8 Å². The smallest absolute Gasteiger partial charge is 0.263 e. The summed E-state index contributed by atoms with van der Waals surface area (Å²) in [5, 5.41) is 7.03. The Kier molecular flexibility index (Phi) is 6.83. The number of amides is 1. The lowest BCUT2D eigenvalue weighted by Gasteiger charge is -2.08. The molecule has 29 heavy (non-hydrogen) atoms. The van der Waals surface area contributed by atoms with Crippen LogP contribution in [0.3, 0.4) is 0 Å².